The molecule has 0 atom stereocenters. The number of ketones is 1. The molecule has 0 bridgehead atoms. The maximum Gasteiger partial charge on any atom is 0.323 e. The third-order valence-electron chi connectivity index (χ3n) is 5.82. The summed E-state index contributed by atoms with van der Waals surface area (Å²) in [6.07, 6.45) is 3.16. The Bertz CT molecular complexity index is 1230. The average molecular weight is 476 g/mol. The highest BCUT2D eigenvalue weighted by molar-refractivity contribution is 7.90. The molecule has 2 aromatic carbocycles. The summed E-state index contributed by atoms with van der Waals surface area (Å²) in [5, 5.41) is 0. The summed E-state index contributed by atoms with van der Waals surface area (Å²) in [6, 6.07) is 16.2. The Morgan fingerprint density at radius 1 is 1.00 bits per heavy atom. The minimum atomic E-state index is -3.34. The van der Waals surface area contributed by atoms with Crippen LogP contribution in [0.4, 0.5) is 0 Å². The van der Waals surface area contributed by atoms with Gasteiger partial charge in [0.2, 0.25) is 5.78 Å². The molecule has 1 aliphatic heterocycles. The largest absolute Gasteiger partial charge is 0.323 e. The van der Waals surface area contributed by atoms with E-state index in [2.05, 4.69) is 39.1 Å². The number of carbonyl (C=O) groups excluding carboxylic acids is 1. The van der Waals surface area contributed by atoms with Gasteiger partial charge in [0.25, 0.3) is 0 Å². The van der Waals surface area contributed by atoms with Crippen LogP contribution in [0.5, 0.6) is 0 Å². The predicted octanol–water partition coefficient (Wildman–Crippen LogP) is 3.14. The zero-order valence-corrected chi connectivity index (χ0v) is 19.3. The van der Waals surface area contributed by atoms with Gasteiger partial charge >= 0.3 is 5.69 Å². The lowest BCUT2D eigenvalue weighted by atomic mass is 9.89. The molecule has 1 aromatic heterocycles. The molecule has 0 unspecified atom stereocenters. The normalized spacial score (nSPS) is 15.3. The van der Waals surface area contributed by atoms with E-state index in [4.69, 9.17) is 0 Å². The van der Waals surface area contributed by atoms with Crippen LogP contribution in [-0.4, -0.2) is 48.4 Å². The Hall–Kier alpha value is -2.68. The summed E-state index contributed by atoms with van der Waals surface area (Å²) in [6.45, 7) is 2.23. The van der Waals surface area contributed by atoms with E-state index >= 15 is 0 Å². The number of imidazole rings is 1. The first kappa shape index (κ1) is 24.0. The molecule has 4 rings (SSSR count). The zero-order chi connectivity index (χ0) is 22.0. The number of likely N-dealkylation sites (tertiary alicyclic amines) is 1. The summed E-state index contributed by atoms with van der Waals surface area (Å²) >= 11 is 0. The van der Waals surface area contributed by atoms with Crippen LogP contribution in [0.3, 0.4) is 0 Å². The molecule has 0 aliphatic carbocycles. The second-order valence-corrected chi connectivity index (χ2v) is 10.0. The van der Waals surface area contributed by atoms with Crippen molar-refractivity contribution in [3.05, 3.63) is 87.6 Å². The highest BCUT2D eigenvalue weighted by Gasteiger charge is 2.24. The first-order valence-corrected chi connectivity index (χ1v) is 12.1. The summed E-state index contributed by atoms with van der Waals surface area (Å²) in [7, 11) is -3.34. The fourth-order valence-corrected chi connectivity index (χ4v) is 4.73. The van der Waals surface area contributed by atoms with Crippen molar-refractivity contribution < 1.29 is 13.2 Å². The number of H-pyrrole nitrogens is 2. The van der Waals surface area contributed by atoms with Gasteiger partial charge in [-0.25, -0.2) is 13.2 Å². The number of aromatic nitrogens is 2. The van der Waals surface area contributed by atoms with E-state index in [-0.39, 0.29) is 28.8 Å². The average Bonchev–Trinajstić information content (AvgIpc) is 3.14. The molecule has 1 saturated heterocycles. The molecule has 0 radical (unpaired) electrons. The first-order chi connectivity index (χ1) is 14.8. The number of halogens is 1. The Morgan fingerprint density at radius 3 is 2.22 bits per heavy atom. The lowest BCUT2D eigenvalue weighted by Gasteiger charge is -2.32. The Labute approximate surface area is 193 Å². The van der Waals surface area contributed by atoms with E-state index < -0.39 is 15.5 Å². The molecule has 3 aromatic rings. The lowest BCUT2D eigenvalue weighted by molar-refractivity contribution is 0.103. The molecule has 0 spiro atoms. The van der Waals surface area contributed by atoms with Gasteiger partial charge in [-0.1, -0.05) is 30.3 Å². The molecule has 9 heteroatoms. The van der Waals surface area contributed by atoms with E-state index in [1.807, 2.05) is 6.07 Å². The number of nitrogens with one attached hydrogen (secondary N) is 2. The molecule has 2 heterocycles. The van der Waals surface area contributed by atoms with E-state index in [9.17, 15) is 18.0 Å². The van der Waals surface area contributed by atoms with Crippen molar-refractivity contribution in [1.29, 1.82) is 0 Å². The van der Waals surface area contributed by atoms with Crippen LogP contribution >= 0.6 is 12.4 Å². The summed E-state index contributed by atoms with van der Waals surface area (Å²) in [4.78, 5) is 32.7. The van der Waals surface area contributed by atoms with E-state index in [0.29, 0.717) is 23.7 Å². The predicted molar refractivity (Wildman–Crippen MR) is 125 cm³/mol. The van der Waals surface area contributed by atoms with Crippen molar-refractivity contribution in [3.63, 3.8) is 0 Å². The van der Waals surface area contributed by atoms with Gasteiger partial charge in [0.05, 0.1) is 10.6 Å². The Balaban J connectivity index is 0.00000289. The van der Waals surface area contributed by atoms with E-state index in [1.54, 1.807) is 0 Å². The van der Waals surface area contributed by atoms with Gasteiger partial charge in [-0.15, -0.1) is 12.4 Å². The molecule has 0 amide bonds. The minimum absolute atomic E-state index is 0. The molecule has 1 fully saturated rings. The number of nitrogens with zero attached hydrogens (tertiary/aromatic N) is 1. The van der Waals surface area contributed by atoms with Gasteiger partial charge in [-0.3, -0.25) is 9.69 Å². The van der Waals surface area contributed by atoms with Gasteiger partial charge < -0.3 is 9.97 Å². The van der Waals surface area contributed by atoms with Crippen molar-refractivity contribution in [1.82, 2.24) is 14.9 Å². The van der Waals surface area contributed by atoms with Crippen molar-refractivity contribution >= 4 is 28.0 Å². The van der Waals surface area contributed by atoms with Crippen LogP contribution in [0.2, 0.25) is 0 Å². The maximum atomic E-state index is 13.0. The van der Waals surface area contributed by atoms with Gasteiger partial charge in [-0.2, -0.15) is 0 Å². The molecule has 32 heavy (non-hydrogen) atoms. The minimum Gasteiger partial charge on any atom is -0.308 e. The summed E-state index contributed by atoms with van der Waals surface area (Å²) in [5.41, 5.74) is 2.03. The molecule has 7 nitrogen and oxygen atoms in total. The zero-order valence-electron chi connectivity index (χ0n) is 17.7. The lowest BCUT2D eigenvalue weighted by Crippen LogP contribution is -2.33. The molecule has 1 aliphatic rings. The van der Waals surface area contributed by atoms with Crippen LogP contribution in [0, 0.1) is 0 Å². The number of sulfone groups is 1. The number of rotatable bonds is 6. The molecule has 170 valence electrons. The van der Waals surface area contributed by atoms with E-state index in [0.717, 1.165) is 32.2 Å². The second-order valence-electron chi connectivity index (χ2n) is 8.02. The second kappa shape index (κ2) is 9.85. The molecular formula is C23H26ClN3O4S. The number of hydrogen-bond donors (Lipinski definition) is 2. The van der Waals surface area contributed by atoms with Crippen molar-refractivity contribution in [2.24, 2.45) is 0 Å². The molecule has 2 N–H and O–H groups in total. The Kier molecular flexibility index (Phi) is 7.38. The fourth-order valence-electron chi connectivity index (χ4n) is 4.10. The van der Waals surface area contributed by atoms with Crippen LogP contribution in [0.15, 0.2) is 64.3 Å². The van der Waals surface area contributed by atoms with Crippen LogP contribution in [0.1, 0.15) is 46.1 Å². The molecular weight excluding hydrogens is 450 g/mol. The topological polar surface area (TPSA) is 103 Å². The van der Waals surface area contributed by atoms with Crippen molar-refractivity contribution in [2.75, 3.05) is 19.3 Å². The number of hydrogen-bond acceptors (Lipinski definition) is 5. The number of carbonyl (C=O) groups is 1. The number of piperidine rings is 1. The van der Waals surface area contributed by atoms with Gasteiger partial charge in [-0.05, 0) is 61.7 Å². The highest BCUT2D eigenvalue weighted by Crippen LogP contribution is 2.28. The third kappa shape index (κ3) is 5.38. The smallest absolute Gasteiger partial charge is 0.308 e. The fraction of sp³-hybridized carbons (Fsp3) is 0.304. The maximum absolute atomic E-state index is 13.0. The van der Waals surface area contributed by atoms with Gasteiger partial charge in [0.1, 0.15) is 5.69 Å². The number of benzene rings is 2. The third-order valence-corrected chi connectivity index (χ3v) is 6.95. The van der Waals surface area contributed by atoms with Gasteiger partial charge in [0.15, 0.2) is 9.84 Å². The SMILES string of the molecule is CS(=O)(=O)c1ccc(C(=O)c2[nH]c(=O)[nH]c2CN2CCC(c3ccccc3)CC2)cc1.Cl. The number of aromatic amines is 2. The molecule has 0 saturated carbocycles. The highest BCUT2D eigenvalue weighted by atomic mass is 35.5. The summed E-state index contributed by atoms with van der Waals surface area (Å²) in [5.74, 6) is 0.185. The first-order valence-electron chi connectivity index (χ1n) is 10.2. The van der Waals surface area contributed by atoms with Crippen molar-refractivity contribution in [2.45, 2.75) is 30.2 Å². The van der Waals surface area contributed by atoms with Crippen LogP contribution in [-0.2, 0) is 16.4 Å². The van der Waals surface area contributed by atoms with E-state index in [1.165, 1.54) is 29.8 Å². The van der Waals surface area contributed by atoms with Crippen LogP contribution in [0.25, 0.3) is 0 Å². The van der Waals surface area contributed by atoms with Gasteiger partial charge in [0, 0.05) is 18.4 Å². The van der Waals surface area contributed by atoms with Crippen LogP contribution < -0.4 is 5.69 Å². The quantitative estimate of drug-likeness (QED) is 0.533. The monoisotopic (exact) mass is 475 g/mol. The van der Waals surface area contributed by atoms with Crippen molar-refractivity contribution in [3.8, 4) is 0 Å². The Morgan fingerprint density at radius 2 is 1.62 bits per heavy atom. The standard InChI is InChI=1S/C23H25N3O4S.ClH/c1-31(29,30)19-9-7-18(8-10-19)22(27)21-20(24-23(28)25-21)15-26-13-11-17(12-14-26)16-5-3-2-4-6-16;/h2-10,17H,11-15H2,1H3,(H2,24,25,28);1H. The summed E-state index contributed by atoms with van der Waals surface area (Å²) < 4.78 is 23.3.